The van der Waals surface area contributed by atoms with Crippen molar-refractivity contribution in [1.82, 2.24) is 9.80 Å². The fourth-order valence-corrected chi connectivity index (χ4v) is 5.17. The SMILES string of the molecule is CC(C)(F)CN1CCC(COc2ccc(-c3ccccc3C(=O)N3CCCC3C(N)=O)cc2)CC1. The van der Waals surface area contributed by atoms with Crippen LogP contribution in [-0.2, 0) is 4.79 Å². The molecule has 2 N–H and O–H groups in total. The maximum Gasteiger partial charge on any atom is 0.255 e. The normalized spacial score (nSPS) is 19.6. The van der Waals surface area contributed by atoms with Gasteiger partial charge in [-0.25, -0.2) is 4.39 Å². The third kappa shape index (κ3) is 6.40. The molecule has 4 rings (SSSR count). The zero-order valence-corrected chi connectivity index (χ0v) is 20.7. The van der Waals surface area contributed by atoms with E-state index in [1.54, 1.807) is 24.8 Å². The highest BCUT2D eigenvalue weighted by atomic mass is 19.1. The number of piperidine rings is 1. The van der Waals surface area contributed by atoms with Crippen LogP contribution >= 0.6 is 0 Å². The summed E-state index contributed by atoms with van der Waals surface area (Å²) >= 11 is 0. The van der Waals surface area contributed by atoms with Crippen LogP contribution in [0.5, 0.6) is 5.75 Å². The third-order valence-corrected chi connectivity index (χ3v) is 6.96. The Morgan fingerprint density at radius 2 is 1.71 bits per heavy atom. The van der Waals surface area contributed by atoms with Gasteiger partial charge in [-0.1, -0.05) is 30.3 Å². The molecular formula is C28H36FN3O3. The molecule has 6 nitrogen and oxygen atoms in total. The second kappa shape index (κ2) is 10.8. The van der Waals surface area contributed by atoms with Gasteiger partial charge < -0.3 is 20.3 Å². The standard InChI is InChI=1S/C28H36FN3O3/c1-28(2,29)19-31-16-13-20(14-17-31)18-35-22-11-9-21(10-12-22)23-6-3-4-7-24(23)27(34)32-15-5-8-25(32)26(30)33/h3-4,6-7,9-12,20,25H,5,8,13-19H2,1-2H3,(H2,30,33). The Labute approximate surface area is 207 Å². The van der Waals surface area contributed by atoms with E-state index < -0.39 is 17.6 Å². The summed E-state index contributed by atoms with van der Waals surface area (Å²) in [5.41, 5.74) is 6.66. The fraction of sp³-hybridized carbons (Fsp3) is 0.500. The molecule has 7 heteroatoms. The van der Waals surface area contributed by atoms with E-state index in [0.717, 1.165) is 49.2 Å². The molecule has 188 valence electrons. The molecule has 0 saturated carbocycles. The number of nitrogens with zero attached hydrogens (tertiary/aromatic N) is 2. The molecule has 2 aromatic carbocycles. The number of likely N-dealkylation sites (tertiary alicyclic amines) is 2. The minimum absolute atomic E-state index is 0.162. The molecular weight excluding hydrogens is 445 g/mol. The Morgan fingerprint density at radius 1 is 1.03 bits per heavy atom. The summed E-state index contributed by atoms with van der Waals surface area (Å²) in [6, 6.07) is 14.7. The number of carbonyl (C=O) groups excluding carboxylic acids is 2. The lowest BCUT2D eigenvalue weighted by Gasteiger charge is -2.34. The summed E-state index contributed by atoms with van der Waals surface area (Å²) in [6.45, 7) is 6.72. The first-order chi connectivity index (χ1) is 16.7. The number of nitrogens with two attached hydrogens (primary N) is 1. The average Bonchev–Trinajstić information content (AvgIpc) is 3.33. The summed E-state index contributed by atoms with van der Waals surface area (Å²) in [5, 5.41) is 0. The minimum Gasteiger partial charge on any atom is -0.493 e. The van der Waals surface area contributed by atoms with Crippen molar-refractivity contribution in [2.24, 2.45) is 11.7 Å². The largest absolute Gasteiger partial charge is 0.493 e. The number of carbonyl (C=O) groups is 2. The zero-order valence-electron chi connectivity index (χ0n) is 20.7. The van der Waals surface area contributed by atoms with Gasteiger partial charge in [0.2, 0.25) is 5.91 Å². The molecule has 2 aliphatic heterocycles. The summed E-state index contributed by atoms with van der Waals surface area (Å²) in [6.07, 6.45) is 3.40. The van der Waals surface area contributed by atoms with E-state index in [-0.39, 0.29) is 5.91 Å². The predicted molar refractivity (Wildman–Crippen MR) is 135 cm³/mol. The number of primary amides is 1. The van der Waals surface area contributed by atoms with Crippen LogP contribution in [0, 0.1) is 5.92 Å². The first-order valence-corrected chi connectivity index (χ1v) is 12.5. The zero-order chi connectivity index (χ0) is 25.0. The van der Waals surface area contributed by atoms with Crippen LogP contribution in [0.15, 0.2) is 48.5 Å². The Balaban J connectivity index is 1.37. The van der Waals surface area contributed by atoms with Crippen LogP contribution in [0.4, 0.5) is 4.39 Å². The Hall–Kier alpha value is -2.93. The number of hydrogen-bond donors (Lipinski definition) is 1. The van der Waals surface area contributed by atoms with Crippen LogP contribution in [0.1, 0.15) is 49.9 Å². The van der Waals surface area contributed by atoms with Crippen molar-refractivity contribution in [2.45, 2.75) is 51.2 Å². The maximum absolute atomic E-state index is 13.9. The van der Waals surface area contributed by atoms with Gasteiger partial charge in [-0.05, 0) is 87.9 Å². The topological polar surface area (TPSA) is 75.9 Å². The highest BCUT2D eigenvalue weighted by Crippen LogP contribution is 2.29. The van der Waals surface area contributed by atoms with Gasteiger partial charge in [0.05, 0.1) is 6.61 Å². The van der Waals surface area contributed by atoms with Gasteiger partial charge in [0, 0.05) is 18.7 Å². The van der Waals surface area contributed by atoms with E-state index >= 15 is 0 Å². The van der Waals surface area contributed by atoms with Crippen molar-refractivity contribution in [2.75, 3.05) is 32.8 Å². The Bertz CT molecular complexity index is 1030. The number of ether oxygens (including phenoxy) is 1. The Kier molecular flexibility index (Phi) is 7.75. The number of benzene rings is 2. The molecule has 2 amide bonds. The van der Waals surface area contributed by atoms with Gasteiger partial charge in [-0.15, -0.1) is 0 Å². The average molecular weight is 482 g/mol. The van der Waals surface area contributed by atoms with E-state index in [1.807, 2.05) is 42.5 Å². The first kappa shape index (κ1) is 25.2. The molecule has 1 atom stereocenters. The van der Waals surface area contributed by atoms with E-state index in [2.05, 4.69) is 4.90 Å². The van der Waals surface area contributed by atoms with Crippen molar-refractivity contribution in [3.8, 4) is 16.9 Å². The van der Waals surface area contributed by atoms with E-state index in [0.29, 0.717) is 37.6 Å². The molecule has 35 heavy (non-hydrogen) atoms. The lowest BCUT2D eigenvalue weighted by Crippen LogP contribution is -2.43. The van der Waals surface area contributed by atoms with E-state index in [4.69, 9.17) is 10.5 Å². The lowest BCUT2D eigenvalue weighted by atomic mass is 9.96. The van der Waals surface area contributed by atoms with Crippen LogP contribution in [0.2, 0.25) is 0 Å². The highest BCUT2D eigenvalue weighted by molar-refractivity contribution is 6.03. The molecule has 0 bridgehead atoms. The van der Waals surface area contributed by atoms with Gasteiger partial charge >= 0.3 is 0 Å². The molecule has 2 saturated heterocycles. The second-order valence-electron chi connectivity index (χ2n) is 10.4. The highest BCUT2D eigenvalue weighted by Gasteiger charge is 2.34. The summed E-state index contributed by atoms with van der Waals surface area (Å²) in [5.74, 6) is 0.639. The molecule has 2 heterocycles. The van der Waals surface area contributed by atoms with Crippen molar-refractivity contribution in [3.05, 3.63) is 54.1 Å². The monoisotopic (exact) mass is 481 g/mol. The van der Waals surface area contributed by atoms with Crippen LogP contribution < -0.4 is 10.5 Å². The van der Waals surface area contributed by atoms with Gasteiger partial charge in [0.25, 0.3) is 5.91 Å². The predicted octanol–water partition coefficient (Wildman–Crippen LogP) is 4.28. The molecule has 2 aromatic rings. The number of rotatable bonds is 8. The number of hydrogen-bond acceptors (Lipinski definition) is 4. The third-order valence-electron chi connectivity index (χ3n) is 6.96. The summed E-state index contributed by atoms with van der Waals surface area (Å²) in [4.78, 5) is 28.8. The molecule has 1 unspecified atom stereocenters. The molecule has 0 aliphatic carbocycles. The van der Waals surface area contributed by atoms with Gasteiger partial charge in [-0.2, -0.15) is 0 Å². The summed E-state index contributed by atoms with van der Waals surface area (Å²) in [7, 11) is 0. The van der Waals surface area contributed by atoms with Gasteiger partial charge in [0.15, 0.2) is 0 Å². The quantitative estimate of drug-likeness (QED) is 0.611. The smallest absolute Gasteiger partial charge is 0.255 e. The number of amides is 2. The van der Waals surface area contributed by atoms with Crippen LogP contribution in [0.3, 0.4) is 0 Å². The second-order valence-corrected chi connectivity index (χ2v) is 10.4. The lowest BCUT2D eigenvalue weighted by molar-refractivity contribution is -0.121. The number of halogens is 1. The van der Waals surface area contributed by atoms with Gasteiger partial charge in [0.1, 0.15) is 17.5 Å². The van der Waals surface area contributed by atoms with Crippen molar-refractivity contribution in [1.29, 1.82) is 0 Å². The van der Waals surface area contributed by atoms with Gasteiger partial charge in [-0.3, -0.25) is 9.59 Å². The van der Waals surface area contributed by atoms with Crippen LogP contribution in [-0.4, -0.2) is 66.1 Å². The van der Waals surface area contributed by atoms with Crippen molar-refractivity contribution >= 4 is 11.8 Å². The number of alkyl halides is 1. The molecule has 2 aliphatic rings. The molecule has 0 aromatic heterocycles. The van der Waals surface area contributed by atoms with E-state index in [1.165, 1.54) is 0 Å². The van der Waals surface area contributed by atoms with Crippen molar-refractivity contribution < 1.29 is 18.7 Å². The Morgan fingerprint density at radius 3 is 2.37 bits per heavy atom. The summed E-state index contributed by atoms with van der Waals surface area (Å²) < 4.78 is 19.9. The van der Waals surface area contributed by atoms with Crippen molar-refractivity contribution in [3.63, 3.8) is 0 Å². The minimum atomic E-state index is -1.16. The molecule has 0 radical (unpaired) electrons. The van der Waals surface area contributed by atoms with E-state index in [9.17, 15) is 14.0 Å². The fourth-order valence-electron chi connectivity index (χ4n) is 5.17. The maximum atomic E-state index is 13.9. The molecule has 2 fully saturated rings. The first-order valence-electron chi connectivity index (χ1n) is 12.5. The molecule has 0 spiro atoms. The van der Waals surface area contributed by atoms with Crippen LogP contribution in [0.25, 0.3) is 11.1 Å².